The average molecular weight is 571 g/mol. The molecular weight excluding hydrogens is 536 g/mol. The molecule has 0 saturated carbocycles. The third-order valence-corrected chi connectivity index (χ3v) is 7.53. The zero-order valence-corrected chi connectivity index (χ0v) is 22.7. The van der Waals surface area contributed by atoms with Crippen molar-refractivity contribution < 1.29 is 34.1 Å². The van der Waals surface area contributed by atoms with Gasteiger partial charge in [0.2, 0.25) is 11.7 Å². The van der Waals surface area contributed by atoms with Crippen LogP contribution in [0.25, 0.3) is 11.2 Å². The van der Waals surface area contributed by atoms with Crippen molar-refractivity contribution in [2.75, 3.05) is 32.0 Å². The van der Waals surface area contributed by atoms with Gasteiger partial charge in [-0.25, -0.2) is 19.7 Å². The molecule has 15 nitrogen and oxygen atoms in total. The molecule has 3 aliphatic heterocycles. The van der Waals surface area contributed by atoms with Crippen molar-refractivity contribution in [2.24, 2.45) is 5.92 Å². The average Bonchev–Trinajstić information content (AvgIpc) is 3.65. The maximum atomic E-state index is 12.4. The topological polar surface area (TPSA) is 207 Å². The SMILES string of the molecule is CCNC(=O)C1OC(n2cnc3c(N)nc(C#CCC4CCN(C(=O)OCC5CCC(=O)N5)CC4)nc32)C(O)C1O. The van der Waals surface area contributed by atoms with Crippen molar-refractivity contribution in [1.29, 1.82) is 0 Å². The maximum absolute atomic E-state index is 12.4. The molecule has 0 bridgehead atoms. The number of ether oxygens (including phenoxy) is 2. The fourth-order valence-electron chi connectivity index (χ4n) is 5.22. The van der Waals surface area contributed by atoms with Crippen LogP contribution in [0.15, 0.2) is 6.33 Å². The number of piperidine rings is 1. The maximum Gasteiger partial charge on any atom is 0.409 e. The van der Waals surface area contributed by atoms with E-state index in [0.717, 1.165) is 12.8 Å². The Morgan fingerprint density at radius 1 is 1.24 bits per heavy atom. The minimum absolute atomic E-state index is 0.0144. The fraction of sp³-hybridized carbons (Fsp3) is 0.615. The summed E-state index contributed by atoms with van der Waals surface area (Å²) in [6.07, 6.45) is -0.982. The van der Waals surface area contributed by atoms with Crippen molar-refractivity contribution >= 4 is 34.9 Å². The Balaban J connectivity index is 1.18. The number of carbonyl (C=O) groups is 3. The van der Waals surface area contributed by atoms with Crippen LogP contribution in [-0.2, 0) is 19.1 Å². The summed E-state index contributed by atoms with van der Waals surface area (Å²) < 4.78 is 12.5. The largest absolute Gasteiger partial charge is 0.447 e. The lowest BCUT2D eigenvalue weighted by Gasteiger charge is -2.30. The molecule has 5 rings (SSSR count). The third kappa shape index (κ3) is 6.19. The van der Waals surface area contributed by atoms with E-state index in [2.05, 4.69) is 37.4 Å². The number of aliphatic hydroxyl groups is 2. The van der Waals surface area contributed by atoms with Gasteiger partial charge in [0.25, 0.3) is 5.91 Å². The van der Waals surface area contributed by atoms with Gasteiger partial charge in [0.1, 0.15) is 24.3 Å². The van der Waals surface area contributed by atoms with Crippen LogP contribution < -0.4 is 16.4 Å². The van der Waals surface area contributed by atoms with Crippen LogP contribution in [0.5, 0.6) is 0 Å². The number of hydrogen-bond acceptors (Lipinski definition) is 11. The van der Waals surface area contributed by atoms with Crippen molar-refractivity contribution in [3.63, 3.8) is 0 Å². The summed E-state index contributed by atoms with van der Waals surface area (Å²) in [7, 11) is 0. The fourth-order valence-corrected chi connectivity index (χ4v) is 5.22. The molecule has 0 aromatic carbocycles. The Morgan fingerprint density at radius 2 is 2.02 bits per heavy atom. The Morgan fingerprint density at radius 3 is 2.73 bits per heavy atom. The molecule has 0 radical (unpaired) electrons. The number of aromatic nitrogens is 4. The van der Waals surface area contributed by atoms with Gasteiger partial charge in [0.15, 0.2) is 23.8 Å². The van der Waals surface area contributed by atoms with Crippen molar-refractivity contribution in [3.8, 4) is 11.8 Å². The Labute approximate surface area is 235 Å². The van der Waals surface area contributed by atoms with Gasteiger partial charge in [-0.3, -0.25) is 14.2 Å². The molecule has 0 spiro atoms. The van der Waals surface area contributed by atoms with E-state index in [4.69, 9.17) is 15.2 Å². The van der Waals surface area contributed by atoms with Crippen LogP contribution in [-0.4, -0.2) is 103 Å². The lowest BCUT2D eigenvalue weighted by Crippen LogP contribution is -2.42. The number of hydrogen-bond donors (Lipinski definition) is 5. The Kier molecular flexibility index (Phi) is 8.52. The minimum Gasteiger partial charge on any atom is -0.447 e. The van der Waals surface area contributed by atoms with Gasteiger partial charge in [-0.05, 0) is 38.0 Å². The third-order valence-electron chi connectivity index (χ3n) is 7.53. The summed E-state index contributed by atoms with van der Waals surface area (Å²) in [5.41, 5.74) is 6.62. The van der Waals surface area contributed by atoms with Crippen LogP contribution in [0.2, 0.25) is 0 Å². The highest BCUT2D eigenvalue weighted by molar-refractivity contribution is 5.83. The number of nitrogens with two attached hydrogens (primary N) is 1. The van der Waals surface area contributed by atoms with Crippen LogP contribution in [0.3, 0.4) is 0 Å². The number of likely N-dealkylation sites (tertiary alicyclic amines) is 1. The first kappa shape index (κ1) is 28.5. The number of amides is 3. The molecule has 3 fully saturated rings. The first-order valence-corrected chi connectivity index (χ1v) is 13.7. The molecule has 220 valence electrons. The van der Waals surface area contributed by atoms with Crippen LogP contribution in [0.4, 0.5) is 10.6 Å². The monoisotopic (exact) mass is 570 g/mol. The number of nitrogen functional groups attached to an aromatic ring is 1. The van der Waals surface area contributed by atoms with E-state index in [0.29, 0.717) is 38.9 Å². The lowest BCUT2D eigenvalue weighted by atomic mass is 9.94. The molecule has 6 N–H and O–H groups in total. The zero-order chi connectivity index (χ0) is 29.1. The van der Waals surface area contributed by atoms with Gasteiger partial charge in [-0.1, -0.05) is 5.92 Å². The van der Waals surface area contributed by atoms with Crippen molar-refractivity contribution in [3.05, 3.63) is 12.2 Å². The zero-order valence-electron chi connectivity index (χ0n) is 22.7. The van der Waals surface area contributed by atoms with E-state index >= 15 is 0 Å². The number of rotatable bonds is 6. The molecule has 5 atom stereocenters. The lowest BCUT2D eigenvalue weighted by molar-refractivity contribution is -0.137. The number of anilines is 1. The summed E-state index contributed by atoms with van der Waals surface area (Å²) >= 11 is 0. The molecule has 2 aromatic heterocycles. The molecule has 2 aromatic rings. The van der Waals surface area contributed by atoms with Crippen molar-refractivity contribution in [2.45, 2.75) is 69.6 Å². The number of nitrogens with one attached hydrogen (secondary N) is 2. The van der Waals surface area contributed by atoms with Gasteiger partial charge in [0, 0.05) is 32.5 Å². The highest BCUT2D eigenvalue weighted by atomic mass is 16.6. The van der Waals surface area contributed by atoms with E-state index in [1.807, 2.05) is 0 Å². The molecule has 5 heterocycles. The highest BCUT2D eigenvalue weighted by Crippen LogP contribution is 2.32. The van der Waals surface area contributed by atoms with Gasteiger partial charge < -0.3 is 41.0 Å². The standard InChI is InChI=1S/C26H34N8O7/c1-2-28-24(38)21-19(36)20(37)25(41-21)34-13-29-18-22(27)31-16(32-23(18)34)5-3-4-14-8-10-33(11-9-14)26(39)40-12-15-6-7-17(35)30-15/h13-15,19-21,25,36-37H,2,4,6-12H2,1H3,(H,28,38)(H,30,35)(H2,27,31,32). The first-order valence-electron chi connectivity index (χ1n) is 13.7. The van der Waals surface area contributed by atoms with Crippen molar-refractivity contribution in [1.82, 2.24) is 35.1 Å². The van der Waals surface area contributed by atoms with Crippen LogP contribution in [0.1, 0.15) is 51.1 Å². The van der Waals surface area contributed by atoms with Gasteiger partial charge >= 0.3 is 6.09 Å². The first-order chi connectivity index (χ1) is 19.7. The molecule has 5 unspecified atom stereocenters. The van der Waals surface area contributed by atoms with E-state index in [9.17, 15) is 24.6 Å². The Hall–Kier alpha value is -4.00. The molecule has 0 aliphatic carbocycles. The number of nitrogens with zero attached hydrogens (tertiary/aromatic N) is 5. The van der Waals surface area contributed by atoms with E-state index in [1.165, 1.54) is 10.9 Å². The van der Waals surface area contributed by atoms with E-state index < -0.39 is 30.4 Å². The Bertz CT molecular complexity index is 1360. The molecule has 3 amide bonds. The summed E-state index contributed by atoms with van der Waals surface area (Å²) in [5.74, 6) is 6.02. The summed E-state index contributed by atoms with van der Waals surface area (Å²) in [6.45, 7) is 3.39. The van der Waals surface area contributed by atoms with Crippen LogP contribution in [0, 0.1) is 17.8 Å². The quantitative estimate of drug-likeness (QED) is 0.267. The molecule has 3 saturated heterocycles. The predicted octanol–water partition coefficient (Wildman–Crippen LogP) is -0.967. The van der Waals surface area contributed by atoms with Crippen LogP contribution >= 0.6 is 0 Å². The van der Waals surface area contributed by atoms with E-state index in [1.54, 1.807) is 11.8 Å². The number of aliphatic hydroxyl groups excluding tert-OH is 2. The summed E-state index contributed by atoms with van der Waals surface area (Å²) in [6, 6.07) is -0.111. The number of fused-ring (bicyclic) bond motifs is 1. The van der Waals surface area contributed by atoms with Gasteiger partial charge in [-0.2, -0.15) is 0 Å². The second kappa shape index (κ2) is 12.2. The molecule has 3 aliphatic rings. The molecule has 15 heteroatoms. The smallest absolute Gasteiger partial charge is 0.409 e. The molecular formula is C26H34N8O7. The second-order valence-electron chi connectivity index (χ2n) is 10.4. The van der Waals surface area contributed by atoms with E-state index in [-0.39, 0.29) is 53.4 Å². The minimum atomic E-state index is -1.44. The van der Waals surface area contributed by atoms with Gasteiger partial charge in [-0.15, -0.1) is 0 Å². The number of likely N-dealkylation sites (N-methyl/N-ethyl adjacent to an activating group) is 1. The summed E-state index contributed by atoms with van der Waals surface area (Å²) in [5, 5.41) is 26.3. The summed E-state index contributed by atoms with van der Waals surface area (Å²) in [4.78, 5) is 50.5. The second-order valence-corrected chi connectivity index (χ2v) is 10.4. The number of imidazole rings is 1. The molecule has 41 heavy (non-hydrogen) atoms. The normalized spacial score (nSPS) is 26.5. The van der Waals surface area contributed by atoms with Gasteiger partial charge in [0.05, 0.1) is 12.4 Å². The number of carbonyl (C=O) groups excluding carboxylic acids is 3. The predicted molar refractivity (Wildman–Crippen MR) is 143 cm³/mol. The highest BCUT2D eigenvalue weighted by Gasteiger charge is 2.47.